The Morgan fingerprint density at radius 3 is 2.37 bits per heavy atom. The molecule has 9 heteroatoms. The van der Waals surface area contributed by atoms with Crippen LogP contribution in [0.4, 0.5) is 5.13 Å². The van der Waals surface area contributed by atoms with Crippen LogP contribution in [0.25, 0.3) is 5.76 Å². The van der Waals surface area contributed by atoms with Crippen LogP contribution in [-0.2, 0) is 14.3 Å². The second-order valence-corrected chi connectivity index (χ2v) is 8.65. The molecule has 1 fully saturated rings. The molecule has 1 aliphatic heterocycles. The number of rotatable bonds is 7. The smallest absolute Gasteiger partial charge is 0.350 e. The first kappa shape index (κ1) is 24.2. The molecule has 1 amide bonds. The van der Waals surface area contributed by atoms with Crippen LogP contribution in [0.3, 0.4) is 0 Å². The lowest BCUT2D eigenvalue weighted by Crippen LogP contribution is -2.29. The van der Waals surface area contributed by atoms with E-state index in [0.717, 1.165) is 11.3 Å². The lowest BCUT2D eigenvalue weighted by molar-refractivity contribution is -0.132. The van der Waals surface area contributed by atoms with Gasteiger partial charge >= 0.3 is 11.9 Å². The van der Waals surface area contributed by atoms with Crippen LogP contribution >= 0.6 is 11.3 Å². The number of Topliss-reactive ketones (excluding diaryl/α,β-unsaturated/α-hetero) is 1. The first-order chi connectivity index (χ1) is 16.9. The van der Waals surface area contributed by atoms with Crippen LogP contribution in [0.2, 0.25) is 0 Å². The highest BCUT2D eigenvalue weighted by Gasteiger charge is 2.48. The van der Waals surface area contributed by atoms with Gasteiger partial charge in [0.05, 0.1) is 30.5 Å². The summed E-state index contributed by atoms with van der Waals surface area (Å²) < 4.78 is 10.5. The number of amides is 1. The number of aromatic nitrogens is 1. The van der Waals surface area contributed by atoms with Crippen molar-refractivity contribution in [1.29, 1.82) is 0 Å². The van der Waals surface area contributed by atoms with Crippen LogP contribution in [0, 0.1) is 6.92 Å². The van der Waals surface area contributed by atoms with E-state index >= 15 is 0 Å². The number of aliphatic hydroxyl groups excluding tert-OH is 1. The van der Waals surface area contributed by atoms with Crippen molar-refractivity contribution in [1.82, 2.24) is 4.98 Å². The SMILES string of the molecule is CCOC(=O)c1sc(N2C(=O)C(=O)C(=C(O)c3ccc(OCC)cc3)[C@H]2c2ccccc2)nc1C. The van der Waals surface area contributed by atoms with E-state index in [9.17, 15) is 19.5 Å². The number of aliphatic hydroxyl groups is 1. The molecule has 180 valence electrons. The van der Waals surface area contributed by atoms with Crippen molar-refractivity contribution in [2.75, 3.05) is 18.1 Å². The average Bonchev–Trinajstić information content (AvgIpc) is 3.37. The second kappa shape index (κ2) is 10.1. The maximum absolute atomic E-state index is 13.3. The van der Waals surface area contributed by atoms with E-state index in [2.05, 4.69) is 4.98 Å². The zero-order valence-electron chi connectivity index (χ0n) is 19.5. The van der Waals surface area contributed by atoms with Crippen LogP contribution < -0.4 is 9.64 Å². The summed E-state index contributed by atoms with van der Waals surface area (Å²) in [4.78, 5) is 44.7. The quantitative estimate of drug-likeness (QED) is 0.221. The monoisotopic (exact) mass is 492 g/mol. The molecule has 2 aromatic carbocycles. The second-order valence-electron chi connectivity index (χ2n) is 7.67. The fourth-order valence-corrected chi connectivity index (χ4v) is 4.87. The van der Waals surface area contributed by atoms with Crippen molar-refractivity contribution >= 4 is 39.9 Å². The summed E-state index contributed by atoms with van der Waals surface area (Å²) in [6, 6.07) is 14.6. The summed E-state index contributed by atoms with van der Waals surface area (Å²) in [5, 5.41) is 11.4. The molecule has 0 bridgehead atoms. The number of nitrogens with zero attached hydrogens (tertiary/aromatic N) is 2. The Bertz CT molecular complexity index is 1300. The first-order valence-corrected chi connectivity index (χ1v) is 11.9. The minimum absolute atomic E-state index is 0.0594. The van der Waals surface area contributed by atoms with Crippen LogP contribution in [0.5, 0.6) is 5.75 Å². The minimum atomic E-state index is -0.927. The average molecular weight is 493 g/mol. The summed E-state index contributed by atoms with van der Waals surface area (Å²) >= 11 is 0.972. The van der Waals surface area contributed by atoms with Crippen molar-refractivity contribution in [3.63, 3.8) is 0 Å². The molecular weight excluding hydrogens is 468 g/mol. The molecule has 1 saturated heterocycles. The van der Waals surface area contributed by atoms with Gasteiger partial charge in [0.2, 0.25) is 0 Å². The number of hydrogen-bond donors (Lipinski definition) is 1. The fraction of sp³-hybridized carbons (Fsp3) is 0.231. The standard InChI is InChI=1S/C26H24N2O6S/c1-4-33-18-13-11-17(12-14-18)21(29)19-20(16-9-7-6-8-10-16)28(24(31)22(19)30)26-27-15(3)23(35-26)25(32)34-5-2/h6-14,20,29H,4-5H2,1-3H3/t20-/m1/s1. The third-order valence-electron chi connectivity index (χ3n) is 5.45. The zero-order valence-corrected chi connectivity index (χ0v) is 20.3. The topological polar surface area (TPSA) is 106 Å². The molecule has 0 unspecified atom stereocenters. The Hall–Kier alpha value is -3.98. The number of ketones is 1. The molecule has 0 saturated carbocycles. The summed E-state index contributed by atoms with van der Waals surface area (Å²) in [6.45, 7) is 5.89. The molecule has 4 rings (SSSR count). The molecule has 1 aromatic heterocycles. The lowest BCUT2D eigenvalue weighted by Gasteiger charge is -2.23. The van der Waals surface area contributed by atoms with Gasteiger partial charge in [0, 0.05) is 5.56 Å². The number of benzene rings is 2. The molecule has 1 aliphatic rings. The predicted octanol–water partition coefficient (Wildman–Crippen LogP) is 4.65. The van der Waals surface area contributed by atoms with E-state index in [1.54, 1.807) is 62.4 Å². The number of carbonyl (C=O) groups is 3. The van der Waals surface area contributed by atoms with Gasteiger partial charge in [-0.2, -0.15) is 0 Å². The number of esters is 1. The highest BCUT2D eigenvalue weighted by atomic mass is 32.1. The molecule has 2 heterocycles. The Morgan fingerprint density at radius 2 is 1.74 bits per heavy atom. The van der Waals surface area contributed by atoms with Gasteiger partial charge in [-0.25, -0.2) is 9.78 Å². The van der Waals surface area contributed by atoms with E-state index in [-0.39, 0.29) is 27.9 Å². The Kier molecular flexibility index (Phi) is 6.97. The van der Waals surface area contributed by atoms with Crippen LogP contribution in [0.1, 0.15) is 46.4 Å². The predicted molar refractivity (Wildman–Crippen MR) is 132 cm³/mol. The minimum Gasteiger partial charge on any atom is -0.507 e. The van der Waals surface area contributed by atoms with E-state index in [1.807, 2.05) is 13.0 Å². The van der Waals surface area contributed by atoms with Crippen molar-refractivity contribution in [2.24, 2.45) is 0 Å². The third-order valence-corrected chi connectivity index (χ3v) is 6.59. The molecule has 0 aliphatic carbocycles. The fourth-order valence-electron chi connectivity index (χ4n) is 3.88. The molecule has 0 radical (unpaired) electrons. The van der Waals surface area contributed by atoms with Gasteiger partial charge in [-0.1, -0.05) is 41.7 Å². The van der Waals surface area contributed by atoms with Gasteiger partial charge in [-0.05, 0) is 50.6 Å². The number of thiazole rings is 1. The Morgan fingerprint density at radius 1 is 1.06 bits per heavy atom. The third kappa shape index (κ3) is 4.54. The molecule has 3 aromatic rings. The molecule has 1 atom stereocenters. The van der Waals surface area contributed by atoms with Crippen LogP contribution in [-0.4, -0.2) is 41.0 Å². The van der Waals surface area contributed by atoms with E-state index in [0.29, 0.717) is 29.2 Å². The summed E-state index contributed by atoms with van der Waals surface area (Å²) in [6.07, 6.45) is 0. The summed E-state index contributed by atoms with van der Waals surface area (Å²) in [5.74, 6) is -1.90. The molecular formula is C26H24N2O6S. The Balaban J connectivity index is 1.85. The zero-order chi connectivity index (χ0) is 25.1. The summed E-state index contributed by atoms with van der Waals surface area (Å²) in [7, 11) is 0. The molecule has 8 nitrogen and oxygen atoms in total. The van der Waals surface area contributed by atoms with Gasteiger partial charge in [0.1, 0.15) is 16.4 Å². The number of hydrogen-bond acceptors (Lipinski definition) is 8. The number of carbonyl (C=O) groups excluding carboxylic acids is 3. The molecule has 1 N–H and O–H groups in total. The van der Waals surface area contributed by atoms with Gasteiger partial charge in [0.15, 0.2) is 5.13 Å². The van der Waals surface area contributed by atoms with Crippen molar-refractivity contribution in [3.05, 3.63) is 81.9 Å². The normalized spacial score (nSPS) is 17.0. The molecule has 35 heavy (non-hydrogen) atoms. The van der Waals surface area contributed by atoms with Crippen molar-refractivity contribution in [3.8, 4) is 5.75 Å². The summed E-state index contributed by atoms with van der Waals surface area (Å²) in [5.41, 5.74) is 1.32. The number of ether oxygens (including phenoxy) is 2. The highest BCUT2D eigenvalue weighted by Crippen LogP contribution is 2.44. The highest BCUT2D eigenvalue weighted by molar-refractivity contribution is 7.17. The van der Waals surface area contributed by atoms with Gasteiger partial charge in [0.25, 0.3) is 5.78 Å². The van der Waals surface area contributed by atoms with E-state index in [4.69, 9.17) is 9.47 Å². The Labute approximate surface area is 206 Å². The van der Waals surface area contributed by atoms with Gasteiger partial charge in [-0.3, -0.25) is 14.5 Å². The maximum atomic E-state index is 13.3. The maximum Gasteiger partial charge on any atom is 0.350 e. The largest absolute Gasteiger partial charge is 0.507 e. The first-order valence-electron chi connectivity index (χ1n) is 11.1. The lowest BCUT2D eigenvalue weighted by atomic mass is 9.95. The van der Waals surface area contributed by atoms with Gasteiger partial charge in [-0.15, -0.1) is 0 Å². The van der Waals surface area contributed by atoms with Crippen molar-refractivity contribution < 1.29 is 29.0 Å². The number of anilines is 1. The van der Waals surface area contributed by atoms with Gasteiger partial charge < -0.3 is 14.6 Å². The van der Waals surface area contributed by atoms with E-state index < -0.39 is 23.7 Å². The van der Waals surface area contributed by atoms with E-state index in [1.165, 1.54) is 4.90 Å². The van der Waals surface area contributed by atoms with Crippen molar-refractivity contribution in [2.45, 2.75) is 26.8 Å². The van der Waals surface area contributed by atoms with Crippen LogP contribution in [0.15, 0.2) is 60.2 Å². The molecule has 0 spiro atoms. The number of aryl methyl sites for hydroxylation is 1.